The zero-order chi connectivity index (χ0) is 10.1. The summed E-state index contributed by atoms with van der Waals surface area (Å²) in [4.78, 5) is 5.03. The molecule has 0 unspecified atom stereocenters. The third kappa shape index (κ3) is 3.65. The fraction of sp³-hybridized carbons (Fsp3) is 1.00. The maximum absolute atomic E-state index is 2.61. The van der Waals surface area contributed by atoms with E-state index in [0.29, 0.717) is 5.41 Å². The molecular formula is C11H24N2. The fourth-order valence-electron chi connectivity index (χ4n) is 2.02. The Morgan fingerprint density at radius 3 is 2.31 bits per heavy atom. The van der Waals surface area contributed by atoms with Crippen molar-refractivity contribution in [1.82, 2.24) is 9.80 Å². The molecule has 1 heterocycles. The van der Waals surface area contributed by atoms with Gasteiger partial charge in [0, 0.05) is 32.2 Å². The van der Waals surface area contributed by atoms with Crippen molar-refractivity contribution in [2.75, 3.05) is 33.2 Å². The van der Waals surface area contributed by atoms with Gasteiger partial charge in [0.25, 0.3) is 0 Å². The highest BCUT2D eigenvalue weighted by atomic mass is 15.3. The summed E-state index contributed by atoms with van der Waals surface area (Å²) in [5, 5.41) is 0. The van der Waals surface area contributed by atoms with E-state index in [1.807, 2.05) is 0 Å². The molecule has 1 atom stereocenters. The van der Waals surface area contributed by atoms with Gasteiger partial charge in [-0.1, -0.05) is 20.8 Å². The van der Waals surface area contributed by atoms with E-state index in [1.165, 1.54) is 26.2 Å². The number of hydrogen-bond acceptors (Lipinski definition) is 2. The van der Waals surface area contributed by atoms with E-state index in [4.69, 9.17) is 0 Å². The van der Waals surface area contributed by atoms with Crippen LogP contribution in [0.1, 0.15) is 27.7 Å². The minimum absolute atomic E-state index is 0.435. The summed E-state index contributed by atoms with van der Waals surface area (Å²) in [6.45, 7) is 14.2. The van der Waals surface area contributed by atoms with Crippen LogP contribution in [0.2, 0.25) is 0 Å². The Balaban J connectivity index is 2.43. The smallest absolute Gasteiger partial charge is 0.0195 e. The second kappa shape index (κ2) is 3.97. The molecule has 13 heavy (non-hydrogen) atoms. The van der Waals surface area contributed by atoms with Gasteiger partial charge in [0.05, 0.1) is 0 Å². The molecule has 0 radical (unpaired) electrons. The molecule has 2 nitrogen and oxygen atoms in total. The Hall–Kier alpha value is -0.0800. The van der Waals surface area contributed by atoms with Crippen LogP contribution in [-0.2, 0) is 0 Å². The average Bonchev–Trinajstić information content (AvgIpc) is 1.93. The van der Waals surface area contributed by atoms with Crippen LogP contribution in [0.25, 0.3) is 0 Å². The van der Waals surface area contributed by atoms with Crippen LogP contribution in [0.5, 0.6) is 0 Å². The first kappa shape index (κ1) is 11.0. The van der Waals surface area contributed by atoms with Gasteiger partial charge in [-0.3, -0.25) is 4.90 Å². The van der Waals surface area contributed by atoms with Crippen LogP contribution in [0.4, 0.5) is 0 Å². The highest BCUT2D eigenvalue weighted by Gasteiger charge is 2.24. The first-order chi connectivity index (χ1) is 5.88. The van der Waals surface area contributed by atoms with Crippen molar-refractivity contribution in [2.24, 2.45) is 5.41 Å². The lowest BCUT2D eigenvalue weighted by atomic mass is 9.95. The fourth-order valence-corrected chi connectivity index (χ4v) is 2.02. The number of nitrogens with zero attached hydrogens (tertiary/aromatic N) is 2. The summed E-state index contributed by atoms with van der Waals surface area (Å²) < 4.78 is 0. The Morgan fingerprint density at radius 2 is 1.85 bits per heavy atom. The summed E-state index contributed by atoms with van der Waals surface area (Å²) in [5.41, 5.74) is 0.435. The normalized spacial score (nSPS) is 27.9. The number of likely N-dealkylation sites (N-methyl/N-ethyl adjacent to an activating group) is 1. The topological polar surface area (TPSA) is 6.48 Å². The van der Waals surface area contributed by atoms with Crippen molar-refractivity contribution < 1.29 is 0 Å². The van der Waals surface area contributed by atoms with E-state index in [0.717, 1.165) is 6.04 Å². The number of rotatable bonds is 1. The summed E-state index contributed by atoms with van der Waals surface area (Å²) in [7, 11) is 2.21. The lowest BCUT2D eigenvalue weighted by Gasteiger charge is -2.41. The predicted molar refractivity (Wildman–Crippen MR) is 58.0 cm³/mol. The zero-order valence-electron chi connectivity index (χ0n) is 9.80. The van der Waals surface area contributed by atoms with Crippen LogP contribution >= 0.6 is 0 Å². The Kier molecular flexibility index (Phi) is 3.36. The minimum atomic E-state index is 0.435. The summed E-state index contributed by atoms with van der Waals surface area (Å²) >= 11 is 0. The second-order valence-corrected chi connectivity index (χ2v) is 5.64. The molecule has 0 N–H and O–H groups in total. The Labute approximate surface area is 82.9 Å². The number of hydrogen-bond donors (Lipinski definition) is 0. The van der Waals surface area contributed by atoms with Crippen LogP contribution < -0.4 is 0 Å². The summed E-state index contributed by atoms with van der Waals surface area (Å²) in [5.74, 6) is 0. The van der Waals surface area contributed by atoms with Crippen molar-refractivity contribution >= 4 is 0 Å². The minimum Gasteiger partial charge on any atom is -0.304 e. The maximum Gasteiger partial charge on any atom is 0.0195 e. The van der Waals surface area contributed by atoms with Gasteiger partial charge in [-0.05, 0) is 19.4 Å². The molecular weight excluding hydrogens is 160 g/mol. The first-order valence-corrected chi connectivity index (χ1v) is 5.31. The van der Waals surface area contributed by atoms with Crippen LogP contribution in [0.15, 0.2) is 0 Å². The van der Waals surface area contributed by atoms with Crippen molar-refractivity contribution in [3.63, 3.8) is 0 Å². The van der Waals surface area contributed by atoms with Crippen LogP contribution in [-0.4, -0.2) is 49.1 Å². The van der Waals surface area contributed by atoms with E-state index in [1.54, 1.807) is 0 Å². The van der Waals surface area contributed by atoms with E-state index >= 15 is 0 Å². The molecule has 0 saturated carbocycles. The van der Waals surface area contributed by atoms with Gasteiger partial charge in [0.2, 0.25) is 0 Å². The van der Waals surface area contributed by atoms with E-state index in [9.17, 15) is 0 Å². The lowest BCUT2D eigenvalue weighted by Crippen LogP contribution is -2.52. The predicted octanol–water partition coefficient (Wildman–Crippen LogP) is 1.67. The van der Waals surface area contributed by atoms with Crippen molar-refractivity contribution in [3.05, 3.63) is 0 Å². The molecule has 0 aromatic rings. The number of piperazine rings is 1. The van der Waals surface area contributed by atoms with Crippen LogP contribution in [0.3, 0.4) is 0 Å². The SMILES string of the molecule is C[C@@H]1CN(C)CCN1CC(C)(C)C. The van der Waals surface area contributed by atoms with E-state index in [-0.39, 0.29) is 0 Å². The highest BCUT2D eigenvalue weighted by molar-refractivity contribution is 4.80. The Morgan fingerprint density at radius 1 is 1.23 bits per heavy atom. The van der Waals surface area contributed by atoms with Crippen LogP contribution in [0, 0.1) is 5.41 Å². The molecule has 1 saturated heterocycles. The third-order valence-corrected chi connectivity index (χ3v) is 2.65. The van der Waals surface area contributed by atoms with Gasteiger partial charge >= 0.3 is 0 Å². The quantitative estimate of drug-likeness (QED) is 0.611. The molecule has 0 aliphatic carbocycles. The molecule has 0 aromatic carbocycles. The molecule has 0 spiro atoms. The van der Waals surface area contributed by atoms with Gasteiger partial charge in [0.1, 0.15) is 0 Å². The zero-order valence-corrected chi connectivity index (χ0v) is 9.80. The molecule has 0 amide bonds. The van der Waals surface area contributed by atoms with Gasteiger partial charge < -0.3 is 4.90 Å². The van der Waals surface area contributed by atoms with Crippen molar-refractivity contribution in [3.8, 4) is 0 Å². The maximum atomic E-state index is 2.61. The third-order valence-electron chi connectivity index (χ3n) is 2.65. The largest absolute Gasteiger partial charge is 0.304 e. The van der Waals surface area contributed by atoms with Gasteiger partial charge in [0.15, 0.2) is 0 Å². The molecule has 2 heteroatoms. The van der Waals surface area contributed by atoms with E-state index in [2.05, 4.69) is 44.5 Å². The molecule has 0 aromatic heterocycles. The summed E-state index contributed by atoms with van der Waals surface area (Å²) in [6, 6.07) is 0.720. The standard InChI is InChI=1S/C11H24N2/c1-10-8-12(5)6-7-13(10)9-11(2,3)4/h10H,6-9H2,1-5H3/t10-/m1/s1. The van der Waals surface area contributed by atoms with Gasteiger partial charge in [-0.2, -0.15) is 0 Å². The molecule has 1 rings (SSSR count). The summed E-state index contributed by atoms with van der Waals surface area (Å²) in [6.07, 6.45) is 0. The molecule has 1 aliphatic heterocycles. The molecule has 78 valence electrons. The average molecular weight is 184 g/mol. The van der Waals surface area contributed by atoms with Crippen molar-refractivity contribution in [2.45, 2.75) is 33.7 Å². The second-order valence-electron chi connectivity index (χ2n) is 5.64. The van der Waals surface area contributed by atoms with Gasteiger partial charge in [-0.15, -0.1) is 0 Å². The first-order valence-electron chi connectivity index (χ1n) is 5.31. The lowest BCUT2D eigenvalue weighted by molar-refractivity contribution is 0.0703. The van der Waals surface area contributed by atoms with Crippen molar-refractivity contribution in [1.29, 1.82) is 0 Å². The molecule has 1 fully saturated rings. The monoisotopic (exact) mass is 184 g/mol. The van der Waals surface area contributed by atoms with Gasteiger partial charge in [-0.25, -0.2) is 0 Å². The molecule has 1 aliphatic rings. The highest BCUT2D eigenvalue weighted by Crippen LogP contribution is 2.18. The molecule has 0 bridgehead atoms. The Bertz CT molecular complexity index is 160. The van der Waals surface area contributed by atoms with E-state index < -0.39 is 0 Å².